The first-order valence-electron chi connectivity index (χ1n) is 8.12. The highest BCUT2D eigenvalue weighted by Crippen LogP contribution is 2.22. The summed E-state index contributed by atoms with van der Waals surface area (Å²) in [5, 5.41) is 0. The van der Waals surface area contributed by atoms with Gasteiger partial charge in [0.1, 0.15) is 11.5 Å². The van der Waals surface area contributed by atoms with Crippen molar-refractivity contribution in [2.24, 2.45) is 0 Å². The average Bonchev–Trinajstić information content (AvgIpc) is 3.22. The van der Waals surface area contributed by atoms with Crippen molar-refractivity contribution in [1.29, 1.82) is 0 Å². The first-order chi connectivity index (χ1) is 12.0. The second kappa shape index (κ2) is 7.31. The van der Waals surface area contributed by atoms with Crippen molar-refractivity contribution in [2.45, 2.75) is 25.4 Å². The minimum absolute atomic E-state index is 0.0159. The van der Waals surface area contributed by atoms with Crippen LogP contribution in [0.1, 0.15) is 17.7 Å². The second-order valence-corrected chi connectivity index (χ2v) is 8.41. The van der Waals surface area contributed by atoms with E-state index in [-0.39, 0.29) is 36.4 Å². The van der Waals surface area contributed by atoms with Crippen molar-refractivity contribution in [3.8, 4) is 5.75 Å². The van der Waals surface area contributed by atoms with Crippen molar-refractivity contribution in [2.75, 3.05) is 18.6 Å². The molecule has 1 aromatic heterocycles. The monoisotopic (exact) mass is 363 g/mol. The van der Waals surface area contributed by atoms with Crippen LogP contribution >= 0.6 is 0 Å². The number of carbonyl (C=O) groups is 1. The number of methoxy groups -OCH3 is 1. The molecule has 1 aliphatic heterocycles. The minimum Gasteiger partial charge on any atom is -0.497 e. The molecule has 0 spiro atoms. The lowest BCUT2D eigenvalue weighted by Gasteiger charge is -2.27. The topological polar surface area (TPSA) is 76.8 Å². The molecule has 0 N–H and O–H groups in total. The molecule has 7 heteroatoms. The van der Waals surface area contributed by atoms with Crippen LogP contribution in [0.15, 0.2) is 47.1 Å². The van der Waals surface area contributed by atoms with Crippen molar-refractivity contribution in [3.63, 3.8) is 0 Å². The maximum Gasteiger partial charge on any atom is 0.227 e. The van der Waals surface area contributed by atoms with Crippen LogP contribution in [0, 0.1) is 0 Å². The molecule has 0 radical (unpaired) electrons. The molecular formula is C18H21NO5S. The van der Waals surface area contributed by atoms with Crippen LogP contribution in [-0.2, 0) is 27.6 Å². The predicted octanol–water partition coefficient (Wildman–Crippen LogP) is 2.05. The number of rotatable bonds is 6. The molecule has 0 bridgehead atoms. The SMILES string of the molecule is COc1ccc(CC(=O)N(Cc2ccco2)[C@@H]2CCS(=O)(=O)C2)cc1. The number of hydrogen-bond donors (Lipinski definition) is 0. The number of sulfone groups is 1. The standard InChI is InChI=1S/C18H21NO5S/c1-23-16-6-4-14(5-7-16)11-18(20)19(12-17-3-2-9-24-17)15-8-10-25(21,22)13-15/h2-7,9,15H,8,10-13H2,1H3/t15-/m1/s1. The molecule has 1 saturated heterocycles. The molecule has 0 unspecified atom stereocenters. The van der Waals surface area contributed by atoms with E-state index in [0.717, 1.165) is 11.3 Å². The Kier molecular flexibility index (Phi) is 5.13. The van der Waals surface area contributed by atoms with Gasteiger partial charge in [0.15, 0.2) is 9.84 Å². The van der Waals surface area contributed by atoms with Gasteiger partial charge in [0, 0.05) is 6.04 Å². The summed E-state index contributed by atoms with van der Waals surface area (Å²) < 4.78 is 34.1. The van der Waals surface area contributed by atoms with Crippen molar-refractivity contribution in [1.82, 2.24) is 4.90 Å². The molecule has 1 fully saturated rings. The fourth-order valence-corrected chi connectivity index (χ4v) is 4.76. The lowest BCUT2D eigenvalue weighted by atomic mass is 10.1. The largest absolute Gasteiger partial charge is 0.497 e. The van der Waals surface area contributed by atoms with Gasteiger partial charge in [-0.1, -0.05) is 12.1 Å². The van der Waals surface area contributed by atoms with Gasteiger partial charge in [-0.3, -0.25) is 4.79 Å². The third-order valence-corrected chi connectivity index (χ3v) is 6.14. The van der Waals surface area contributed by atoms with Gasteiger partial charge in [-0.2, -0.15) is 0 Å². The summed E-state index contributed by atoms with van der Waals surface area (Å²) in [6.45, 7) is 0.280. The van der Waals surface area contributed by atoms with E-state index in [1.54, 1.807) is 42.5 Å². The predicted molar refractivity (Wildman–Crippen MR) is 93.0 cm³/mol. The maximum absolute atomic E-state index is 12.8. The number of nitrogens with zero attached hydrogens (tertiary/aromatic N) is 1. The van der Waals surface area contributed by atoms with E-state index in [1.807, 2.05) is 12.1 Å². The Balaban J connectivity index is 1.76. The maximum atomic E-state index is 12.8. The minimum atomic E-state index is -3.08. The fourth-order valence-electron chi connectivity index (χ4n) is 3.03. The molecule has 2 aromatic rings. The van der Waals surface area contributed by atoms with Gasteiger partial charge in [-0.15, -0.1) is 0 Å². The van der Waals surface area contributed by atoms with E-state index in [1.165, 1.54) is 0 Å². The number of ether oxygens (including phenoxy) is 1. The van der Waals surface area contributed by atoms with E-state index in [0.29, 0.717) is 12.2 Å². The summed E-state index contributed by atoms with van der Waals surface area (Å²) in [4.78, 5) is 14.5. The summed E-state index contributed by atoms with van der Waals surface area (Å²) in [6.07, 6.45) is 2.23. The Morgan fingerprint density at radius 3 is 2.60 bits per heavy atom. The highest BCUT2D eigenvalue weighted by Gasteiger charge is 2.35. The molecule has 0 aliphatic carbocycles. The van der Waals surface area contributed by atoms with Crippen molar-refractivity contribution >= 4 is 15.7 Å². The highest BCUT2D eigenvalue weighted by molar-refractivity contribution is 7.91. The smallest absolute Gasteiger partial charge is 0.227 e. The number of furan rings is 1. The lowest BCUT2D eigenvalue weighted by molar-refractivity contribution is -0.133. The van der Waals surface area contributed by atoms with Crippen LogP contribution in [-0.4, -0.2) is 43.9 Å². The van der Waals surface area contributed by atoms with E-state index in [4.69, 9.17) is 9.15 Å². The van der Waals surface area contributed by atoms with Crippen LogP contribution < -0.4 is 4.74 Å². The molecule has 2 heterocycles. The molecular weight excluding hydrogens is 342 g/mol. The van der Waals surface area contributed by atoms with Crippen LogP contribution in [0.2, 0.25) is 0 Å². The third-order valence-electron chi connectivity index (χ3n) is 4.39. The van der Waals surface area contributed by atoms with Gasteiger partial charge >= 0.3 is 0 Å². The van der Waals surface area contributed by atoms with Gasteiger partial charge in [0.05, 0.1) is 37.8 Å². The van der Waals surface area contributed by atoms with Gasteiger partial charge in [-0.05, 0) is 36.2 Å². The fraction of sp³-hybridized carbons (Fsp3) is 0.389. The summed E-state index contributed by atoms with van der Waals surface area (Å²) in [7, 11) is -1.49. The zero-order valence-corrected chi connectivity index (χ0v) is 14.9. The lowest BCUT2D eigenvalue weighted by Crippen LogP contribution is -2.41. The first kappa shape index (κ1) is 17.5. The molecule has 1 atom stereocenters. The van der Waals surface area contributed by atoms with Crippen molar-refractivity contribution < 1.29 is 22.4 Å². The molecule has 1 aromatic carbocycles. The third kappa shape index (κ3) is 4.42. The quantitative estimate of drug-likeness (QED) is 0.785. The van der Waals surface area contributed by atoms with E-state index < -0.39 is 9.84 Å². The highest BCUT2D eigenvalue weighted by atomic mass is 32.2. The molecule has 0 saturated carbocycles. The molecule has 25 heavy (non-hydrogen) atoms. The molecule has 6 nitrogen and oxygen atoms in total. The normalized spacial score (nSPS) is 18.8. The van der Waals surface area contributed by atoms with Crippen LogP contribution in [0.25, 0.3) is 0 Å². The van der Waals surface area contributed by atoms with Gasteiger partial charge in [-0.25, -0.2) is 8.42 Å². The zero-order chi connectivity index (χ0) is 17.9. The van der Waals surface area contributed by atoms with Crippen LogP contribution in [0.4, 0.5) is 0 Å². The summed E-state index contributed by atoms with van der Waals surface area (Å²) in [6, 6.07) is 10.5. The second-order valence-electron chi connectivity index (χ2n) is 6.18. The van der Waals surface area contributed by atoms with Crippen molar-refractivity contribution in [3.05, 3.63) is 54.0 Å². The van der Waals surface area contributed by atoms with Gasteiger partial charge in [0.25, 0.3) is 0 Å². The molecule has 1 aliphatic rings. The summed E-state index contributed by atoms with van der Waals surface area (Å²) in [5.74, 6) is 1.41. The summed E-state index contributed by atoms with van der Waals surface area (Å²) in [5.41, 5.74) is 0.857. The molecule has 134 valence electrons. The van der Waals surface area contributed by atoms with Gasteiger partial charge in [0.2, 0.25) is 5.91 Å². The Morgan fingerprint density at radius 2 is 2.04 bits per heavy atom. The number of carbonyl (C=O) groups excluding carboxylic acids is 1. The van der Waals surface area contributed by atoms with E-state index in [2.05, 4.69) is 0 Å². The number of benzene rings is 1. The van der Waals surface area contributed by atoms with Gasteiger partial charge < -0.3 is 14.1 Å². The summed E-state index contributed by atoms with van der Waals surface area (Å²) >= 11 is 0. The Bertz CT molecular complexity index is 812. The Hall–Kier alpha value is -2.28. The molecule has 1 amide bonds. The first-order valence-corrected chi connectivity index (χ1v) is 9.94. The van der Waals surface area contributed by atoms with E-state index >= 15 is 0 Å². The molecule has 3 rings (SSSR count). The zero-order valence-electron chi connectivity index (χ0n) is 14.1. The number of hydrogen-bond acceptors (Lipinski definition) is 5. The average molecular weight is 363 g/mol. The number of amides is 1. The van der Waals surface area contributed by atoms with Crippen LogP contribution in [0.5, 0.6) is 5.75 Å². The Labute approximate surface area is 147 Å². The van der Waals surface area contributed by atoms with Crippen LogP contribution in [0.3, 0.4) is 0 Å². The Morgan fingerprint density at radius 1 is 1.28 bits per heavy atom. The van der Waals surface area contributed by atoms with E-state index in [9.17, 15) is 13.2 Å².